The average Bonchev–Trinajstić information content (AvgIpc) is 3.30. The van der Waals surface area contributed by atoms with Crippen molar-refractivity contribution in [3.05, 3.63) is 40.2 Å². The van der Waals surface area contributed by atoms with Gasteiger partial charge < -0.3 is 10.6 Å². The van der Waals surface area contributed by atoms with Crippen LogP contribution in [0.25, 0.3) is 0 Å². The summed E-state index contributed by atoms with van der Waals surface area (Å²) in [7, 11) is 0. The van der Waals surface area contributed by atoms with Gasteiger partial charge in [-0.2, -0.15) is 0 Å². The Morgan fingerprint density at radius 3 is 2.75 bits per heavy atom. The van der Waals surface area contributed by atoms with Gasteiger partial charge in [-0.1, -0.05) is 18.5 Å². The number of thioether (sulfide) groups is 1. The zero-order valence-corrected chi connectivity index (χ0v) is 15.5. The number of amides is 2. The van der Waals surface area contributed by atoms with Gasteiger partial charge in [0, 0.05) is 15.8 Å². The monoisotopic (exact) mass is 380 g/mol. The van der Waals surface area contributed by atoms with E-state index >= 15 is 0 Å². The highest BCUT2D eigenvalue weighted by Gasteiger charge is 2.29. The van der Waals surface area contributed by atoms with Crippen LogP contribution in [0.5, 0.6) is 0 Å². The Hall–Kier alpha value is -1.50. The first-order valence-corrected chi connectivity index (χ1v) is 9.89. The van der Waals surface area contributed by atoms with Gasteiger partial charge in [-0.05, 0) is 48.9 Å². The summed E-state index contributed by atoms with van der Waals surface area (Å²) < 4.78 is 0. The fraction of sp³-hybridized carbons (Fsp3) is 0.294. The summed E-state index contributed by atoms with van der Waals surface area (Å²) in [5.74, 6) is 0.887. The molecule has 2 N–H and O–H groups in total. The van der Waals surface area contributed by atoms with Crippen molar-refractivity contribution >= 4 is 57.2 Å². The quantitative estimate of drug-likeness (QED) is 0.684. The number of hydrogen-bond donors (Lipinski definition) is 2. The summed E-state index contributed by atoms with van der Waals surface area (Å²) in [4.78, 5) is 25.8. The van der Waals surface area contributed by atoms with Gasteiger partial charge in [0.2, 0.25) is 5.91 Å². The minimum Gasteiger partial charge on any atom is -0.320 e. The second kappa shape index (κ2) is 7.59. The summed E-state index contributed by atoms with van der Waals surface area (Å²) in [6.45, 7) is 2.05. The first-order valence-electron chi connectivity index (χ1n) is 7.71. The molecule has 1 fully saturated rings. The highest BCUT2D eigenvalue weighted by Crippen LogP contribution is 2.33. The maximum Gasteiger partial charge on any atom is 0.265 e. The Bertz CT molecular complexity index is 772. The Labute approximate surface area is 154 Å². The zero-order chi connectivity index (χ0) is 17.1. The van der Waals surface area contributed by atoms with Crippen molar-refractivity contribution in [3.63, 3.8) is 0 Å². The number of carbonyl (C=O) groups is 2. The molecule has 24 heavy (non-hydrogen) atoms. The molecule has 0 spiro atoms. The van der Waals surface area contributed by atoms with Crippen LogP contribution in [0.3, 0.4) is 0 Å². The standard InChI is InChI=1S/C17H17ClN2O2S2/c1-2-23-13-6-5-11(18)9-12(13)19-17(22)14-7-8-15(24-14)20-16(21)10-3-4-10/h5-10H,2-4H2,1H3,(H,19,22)(H,20,21). The molecule has 3 rings (SSSR count). The molecular weight excluding hydrogens is 364 g/mol. The van der Waals surface area contributed by atoms with Crippen LogP contribution < -0.4 is 10.6 Å². The SMILES string of the molecule is CCSc1ccc(Cl)cc1NC(=O)c1ccc(NC(=O)C2CC2)s1. The predicted octanol–water partition coefficient (Wildman–Crippen LogP) is 5.11. The van der Waals surface area contributed by atoms with Gasteiger partial charge in [-0.25, -0.2) is 0 Å². The molecule has 1 aromatic heterocycles. The number of hydrogen-bond acceptors (Lipinski definition) is 4. The fourth-order valence-corrected chi connectivity index (χ4v) is 3.88. The number of benzene rings is 1. The van der Waals surface area contributed by atoms with E-state index in [4.69, 9.17) is 11.6 Å². The van der Waals surface area contributed by atoms with Crippen molar-refractivity contribution in [2.75, 3.05) is 16.4 Å². The van der Waals surface area contributed by atoms with Gasteiger partial charge in [-0.3, -0.25) is 9.59 Å². The van der Waals surface area contributed by atoms with Gasteiger partial charge >= 0.3 is 0 Å². The first kappa shape index (κ1) is 17.3. The number of nitrogens with one attached hydrogen (secondary N) is 2. The molecule has 1 heterocycles. The third-order valence-corrected chi connectivity index (χ3v) is 5.70. The molecular formula is C17H17ClN2O2S2. The number of halogens is 1. The van der Waals surface area contributed by atoms with Crippen LogP contribution in [0.2, 0.25) is 5.02 Å². The molecule has 1 aliphatic carbocycles. The van der Waals surface area contributed by atoms with Crippen LogP contribution in [0.4, 0.5) is 10.7 Å². The molecule has 0 radical (unpaired) electrons. The van der Waals surface area contributed by atoms with E-state index in [0.29, 0.717) is 20.6 Å². The van der Waals surface area contributed by atoms with Crippen LogP contribution in [-0.2, 0) is 4.79 Å². The van der Waals surface area contributed by atoms with Crippen molar-refractivity contribution in [1.29, 1.82) is 0 Å². The fourth-order valence-electron chi connectivity index (χ4n) is 2.16. The lowest BCUT2D eigenvalue weighted by Crippen LogP contribution is -2.12. The van der Waals surface area contributed by atoms with E-state index < -0.39 is 0 Å². The summed E-state index contributed by atoms with van der Waals surface area (Å²) >= 11 is 8.96. The highest BCUT2D eigenvalue weighted by molar-refractivity contribution is 7.99. The maximum atomic E-state index is 12.5. The second-order valence-electron chi connectivity index (χ2n) is 5.46. The molecule has 7 heteroatoms. The molecule has 1 aromatic carbocycles. The Morgan fingerprint density at radius 1 is 1.25 bits per heavy atom. The van der Waals surface area contributed by atoms with Crippen molar-refractivity contribution in [2.24, 2.45) is 5.92 Å². The number of anilines is 2. The Balaban J connectivity index is 1.69. The van der Waals surface area contributed by atoms with Crippen molar-refractivity contribution in [3.8, 4) is 0 Å². The molecule has 0 saturated heterocycles. The summed E-state index contributed by atoms with van der Waals surface area (Å²) in [5.41, 5.74) is 0.705. The molecule has 0 aliphatic heterocycles. The lowest BCUT2D eigenvalue weighted by Gasteiger charge is -2.10. The average molecular weight is 381 g/mol. The largest absolute Gasteiger partial charge is 0.320 e. The lowest BCUT2D eigenvalue weighted by molar-refractivity contribution is -0.117. The van der Waals surface area contributed by atoms with Crippen LogP contribution in [-0.4, -0.2) is 17.6 Å². The molecule has 0 bridgehead atoms. The first-order chi connectivity index (χ1) is 11.6. The van der Waals surface area contributed by atoms with Crippen molar-refractivity contribution in [2.45, 2.75) is 24.7 Å². The van der Waals surface area contributed by atoms with E-state index in [1.165, 1.54) is 11.3 Å². The predicted molar refractivity (Wildman–Crippen MR) is 101 cm³/mol. The molecule has 0 atom stereocenters. The van der Waals surface area contributed by atoms with E-state index in [0.717, 1.165) is 23.5 Å². The molecule has 0 unspecified atom stereocenters. The van der Waals surface area contributed by atoms with Gasteiger partial charge in [-0.15, -0.1) is 23.1 Å². The second-order valence-corrected chi connectivity index (χ2v) is 8.28. The molecule has 2 amide bonds. The van der Waals surface area contributed by atoms with Crippen LogP contribution >= 0.6 is 34.7 Å². The van der Waals surface area contributed by atoms with E-state index in [9.17, 15) is 9.59 Å². The molecule has 4 nitrogen and oxygen atoms in total. The third-order valence-electron chi connectivity index (χ3n) is 3.51. The number of carbonyl (C=O) groups excluding carboxylic acids is 2. The van der Waals surface area contributed by atoms with Gasteiger partial charge in [0.15, 0.2) is 0 Å². The number of thiophene rings is 1. The Kier molecular flexibility index (Phi) is 5.48. The summed E-state index contributed by atoms with van der Waals surface area (Å²) in [6.07, 6.45) is 1.91. The molecule has 126 valence electrons. The van der Waals surface area contributed by atoms with E-state index in [1.54, 1.807) is 30.0 Å². The van der Waals surface area contributed by atoms with E-state index in [2.05, 4.69) is 17.6 Å². The smallest absolute Gasteiger partial charge is 0.265 e. The minimum atomic E-state index is -0.202. The van der Waals surface area contributed by atoms with Crippen molar-refractivity contribution in [1.82, 2.24) is 0 Å². The lowest BCUT2D eigenvalue weighted by atomic mass is 10.3. The van der Waals surface area contributed by atoms with Crippen LogP contribution in [0.15, 0.2) is 35.2 Å². The highest BCUT2D eigenvalue weighted by atomic mass is 35.5. The van der Waals surface area contributed by atoms with Gasteiger partial charge in [0.25, 0.3) is 5.91 Å². The Morgan fingerprint density at radius 2 is 2.04 bits per heavy atom. The van der Waals surface area contributed by atoms with Crippen LogP contribution in [0, 0.1) is 5.92 Å². The zero-order valence-electron chi connectivity index (χ0n) is 13.1. The normalized spacial score (nSPS) is 13.6. The third kappa shape index (κ3) is 4.32. The minimum absolute atomic E-state index is 0.0419. The molecule has 1 saturated carbocycles. The van der Waals surface area contributed by atoms with Crippen LogP contribution in [0.1, 0.15) is 29.4 Å². The molecule has 1 aliphatic rings. The summed E-state index contributed by atoms with van der Waals surface area (Å²) in [6, 6.07) is 8.95. The number of rotatable bonds is 6. The van der Waals surface area contributed by atoms with E-state index in [-0.39, 0.29) is 17.7 Å². The molecule has 2 aromatic rings. The summed E-state index contributed by atoms with van der Waals surface area (Å²) in [5, 5.41) is 7.04. The van der Waals surface area contributed by atoms with Crippen molar-refractivity contribution < 1.29 is 9.59 Å². The van der Waals surface area contributed by atoms with Gasteiger partial charge in [0.1, 0.15) is 0 Å². The topological polar surface area (TPSA) is 58.2 Å². The maximum absolute atomic E-state index is 12.5. The van der Waals surface area contributed by atoms with E-state index in [1.807, 2.05) is 12.1 Å². The van der Waals surface area contributed by atoms with Gasteiger partial charge in [0.05, 0.1) is 15.6 Å².